The summed E-state index contributed by atoms with van der Waals surface area (Å²) in [7, 11) is 0. The Hall–Kier alpha value is -1.30. The summed E-state index contributed by atoms with van der Waals surface area (Å²) in [6.45, 7) is 2.06. The van der Waals surface area contributed by atoms with Crippen molar-refractivity contribution >= 4 is 0 Å². The Morgan fingerprint density at radius 3 is 2.65 bits per heavy atom. The smallest absolute Gasteiger partial charge is 0.161 e. The van der Waals surface area contributed by atoms with E-state index in [9.17, 15) is 10.2 Å². The number of rotatable bonds is 5. The summed E-state index contributed by atoms with van der Waals surface area (Å²) in [5.41, 5.74) is 0.231. The molecule has 1 aliphatic carbocycles. The van der Waals surface area contributed by atoms with Crippen LogP contribution in [0.3, 0.4) is 0 Å². The fourth-order valence-corrected chi connectivity index (χ4v) is 2.59. The van der Waals surface area contributed by atoms with Crippen molar-refractivity contribution in [1.29, 1.82) is 0 Å². The third-order valence-corrected chi connectivity index (χ3v) is 4.03. The van der Waals surface area contributed by atoms with E-state index >= 15 is 0 Å². The molecule has 0 aromatic heterocycles. The number of benzene rings is 1. The van der Waals surface area contributed by atoms with Gasteiger partial charge in [0.1, 0.15) is 13.2 Å². The van der Waals surface area contributed by atoms with Gasteiger partial charge in [-0.3, -0.25) is 0 Å². The number of ether oxygens (including phenoxy) is 2. The Kier molecular flexibility index (Phi) is 3.83. The molecule has 1 aliphatic heterocycles. The standard InChI is InChI=1S/C15H21NO4/c17-12(9-16-10-15(18)4-1-5-15)11-2-3-13-14(8-11)20-7-6-19-13/h2-3,8,12,16-18H,1,4-7,9-10H2. The molecule has 0 bridgehead atoms. The molecule has 0 spiro atoms. The predicted octanol–water partition coefficient (Wildman–Crippen LogP) is 0.996. The second-order valence-electron chi connectivity index (χ2n) is 5.63. The second kappa shape index (κ2) is 5.60. The molecule has 0 radical (unpaired) electrons. The minimum Gasteiger partial charge on any atom is -0.486 e. The van der Waals surface area contributed by atoms with Crippen molar-refractivity contribution < 1.29 is 19.7 Å². The third kappa shape index (κ3) is 2.90. The van der Waals surface area contributed by atoms with E-state index in [1.54, 1.807) is 0 Å². The van der Waals surface area contributed by atoms with Crippen LogP contribution < -0.4 is 14.8 Å². The lowest BCUT2D eigenvalue weighted by molar-refractivity contribution is -0.0328. The molecular formula is C15H21NO4. The second-order valence-corrected chi connectivity index (χ2v) is 5.63. The minimum atomic E-state index is -0.616. The summed E-state index contributed by atoms with van der Waals surface area (Å²) < 4.78 is 11.0. The highest BCUT2D eigenvalue weighted by molar-refractivity contribution is 5.44. The van der Waals surface area contributed by atoms with Crippen molar-refractivity contribution in [3.8, 4) is 11.5 Å². The van der Waals surface area contributed by atoms with Gasteiger partial charge in [-0.25, -0.2) is 0 Å². The highest BCUT2D eigenvalue weighted by Gasteiger charge is 2.33. The van der Waals surface area contributed by atoms with Crippen LogP contribution in [-0.4, -0.2) is 42.1 Å². The maximum atomic E-state index is 10.2. The van der Waals surface area contributed by atoms with Crippen LogP contribution >= 0.6 is 0 Å². The number of aliphatic hydroxyl groups is 2. The molecule has 1 heterocycles. The Morgan fingerprint density at radius 1 is 1.20 bits per heavy atom. The molecule has 1 aromatic carbocycles. The van der Waals surface area contributed by atoms with Crippen molar-refractivity contribution in [3.63, 3.8) is 0 Å². The largest absolute Gasteiger partial charge is 0.486 e. The van der Waals surface area contributed by atoms with Crippen LogP contribution in [0, 0.1) is 0 Å². The van der Waals surface area contributed by atoms with Crippen LogP contribution in [-0.2, 0) is 0 Å². The number of hydrogen-bond acceptors (Lipinski definition) is 5. The van der Waals surface area contributed by atoms with Gasteiger partial charge in [-0.05, 0) is 37.0 Å². The van der Waals surface area contributed by atoms with Crippen molar-refractivity contribution in [2.24, 2.45) is 0 Å². The quantitative estimate of drug-likeness (QED) is 0.750. The third-order valence-electron chi connectivity index (χ3n) is 4.03. The van der Waals surface area contributed by atoms with E-state index in [-0.39, 0.29) is 0 Å². The lowest BCUT2D eigenvalue weighted by Gasteiger charge is -2.37. The highest BCUT2D eigenvalue weighted by atomic mass is 16.6. The Labute approximate surface area is 118 Å². The molecule has 20 heavy (non-hydrogen) atoms. The minimum absolute atomic E-state index is 0.419. The number of fused-ring (bicyclic) bond motifs is 1. The van der Waals surface area contributed by atoms with Gasteiger partial charge < -0.3 is 25.0 Å². The number of aliphatic hydroxyl groups excluding tert-OH is 1. The van der Waals surface area contributed by atoms with E-state index in [0.717, 1.165) is 30.6 Å². The van der Waals surface area contributed by atoms with E-state index in [4.69, 9.17) is 9.47 Å². The number of nitrogens with one attached hydrogen (secondary N) is 1. The van der Waals surface area contributed by atoms with E-state index in [1.165, 1.54) is 0 Å². The van der Waals surface area contributed by atoms with Crippen LogP contribution in [0.25, 0.3) is 0 Å². The molecule has 0 saturated heterocycles. The lowest BCUT2D eigenvalue weighted by Crippen LogP contribution is -2.47. The summed E-state index contributed by atoms with van der Waals surface area (Å²) in [4.78, 5) is 0. The van der Waals surface area contributed by atoms with E-state index < -0.39 is 11.7 Å². The fraction of sp³-hybridized carbons (Fsp3) is 0.600. The summed E-state index contributed by atoms with van der Waals surface area (Å²) in [6.07, 6.45) is 2.16. The highest BCUT2D eigenvalue weighted by Crippen LogP contribution is 2.33. The molecule has 3 rings (SSSR count). The van der Waals surface area contributed by atoms with Crippen molar-refractivity contribution in [1.82, 2.24) is 5.32 Å². The van der Waals surface area contributed by atoms with Gasteiger partial charge in [0.25, 0.3) is 0 Å². The van der Waals surface area contributed by atoms with Crippen LogP contribution in [0.1, 0.15) is 30.9 Å². The first-order valence-corrected chi connectivity index (χ1v) is 7.17. The van der Waals surface area contributed by atoms with Crippen molar-refractivity contribution in [2.75, 3.05) is 26.3 Å². The van der Waals surface area contributed by atoms with Crippen LogP contribution in [0.2, 0.25) is 0 Å². The Bertz CT molecular complexity index is 473. The van der Waals surface area contributed by atoms with Crippen LogP contribution in [0.5, 0.6) is 11.5 Å². The van der Waals surface area contributed by atoms with Gasteiger partial charge in [-0.15, -0.1) is 0 Å². The maximum absolute atomic E-state index is 10.2. The molecule has 1 aromatic rings. The first-order valence-electron chi connectivity index (χ1n) is 7.17. The molecule has 3 N–H and O–H groups in total. The Balaban J connectivity index is 1.55. The molecule has 1 atom stereocenters. The van der Waals surface area contributed by atoms with Crippen molar-refractivity contribution in [2.45, 2.75) is 31.0 Å². The first-order chi connectivity index (χ1) is 9.66. The fourth-order valence-electron chi connectivity index (χ4n) is 2.59. The van der Waals surface area contributed by atoms with E-state index in [1.807, 2.05) is 18.2 Å². The van der Waals surface area contributed by atoms with Gasteiger partial charge in [0.05, 0.1) is 11.7 Å². The first kappa shape index (κ1) is 13.7. The van der Waals surface area contributed by atoms with Gasteiger partial charge in [-0.2, -0.15) is 0 Å². The maximum Gasteiger partial charge on any atom is 0.161 e. The summed E-state index contributed by atoms with van der Waals surface area (Å²) in [5, 5.41) is 23.3. The molecule has 1 saturated carbocycles. The van der Waals surface area contributed by atoms with Crippen LogP contribution in [0.15, 0.2) is 18.2 Å². The summed E-state index contributed by atoms with van der Waals surface area (Å²) in [6, 6.07) is 5.49. The van der Waals surface area contributed by atoms with Gasteiger partial charge in [0.2, 0.25) is 0 Å². The normalized spacial score (nSPS) is 21.1. The molecule has 0 amide bonds. The molecule has 5 nitrogen and oxygen atoms in total. The van der Waals surface area contributed by atoms with E-state index in [0.29, 0.717) is 32.1 Å². The van der Waals surface area contributed by atoms with E-state index in [2.05, 4.69) is 5.32 Å². The molecule has 1 fully saturated rings. The molecule has 1 unspecified atom stereocenters. The van der Waals surface area contributed by atoms with Crippen LogP contribution in [0.4, 0.5) is 0 Å². The summed E-state index contributed by atoms with van der Waals surface area (Å²) in [5.74, 6) is 1.41. The lowest BCUT2D eigenvalue weighted by atomic mass is 9.80. The zero-order valence-corrected chi connectivity index (χ0v) is 11.5. The summed E-state index contributed by atoms with van der Waals surface area (Å²) >= 11 is 0. The Morgan fingerprint density at radius 2 is 1.95 bits per heavy atom. The SMILES string of the molecule is OC(CNCC1(O)CCC1)c1ccc2c(c1)OCCO2. The predicted molar refractivity (Wildman–Crippen MR) is 74.1 cm³/mol. The van der Waals surface area contributed by atoms with Gasteiger partial charge >= 0.3 is 0 Å². The zero-order chi connectivity index (χ0) is 14.0. The topological polar surface area (TPSA) is 71.0 Å². The molecular weight excluding hydrogens is 258 g/mol. The van der Waals surface area contributed by atoms with Gasteiger partial charge in [-0.1, -0.05) is 6.07 Å². The average molecular weight is 279 g/mol. The van der Waals surface area contributed by atoms with Gasteiger partial charge in [0.15, 0.2) is 11.5 Å². The van der Waals surface area contributed by atoms with Crippen molar-refractivity contribution in [3.05, 3.63) is 23.8 Å². The molecule has 5 heteroatoms. The molecule has 110 valence electrons. The monoisotopic (exact) mass is 279 g/mol. The van der Waals surface area contributed by atoms with Gasteiger partial charge in [0, 0.05) is 13.1 Å². The molecule has 2 aliphatic rings. The zero-order valence-electron chi connectivity index (χ0n) is 11.5. The number of hydrogen-bond donors (Lipinski definition) is 3. The average Bonchev–Trinajstić information content (AvgIpc) is 2.45.